The third kappa shape index (κ3) is 5.19. The van der Waals surface area contributed by atoms with Crippen LogP contribution in [-0.2, 0) is 0 Å². The van der Waals surface area contributed by atoms with Gasteiger partial charge in [0.2, 0.25) is 0 Å². The summed E-state index contributed by atoms with van der Waals surface area (Å²) in [5.74, 6) is 0. The fraction of sp³-hybridized carbons (Fsp3) is 0.417. The van der Waals surface area contributed by atoms with Gasteiger partial charge in [-0.1, -0.05) is 6.07 Å². The molecule has 0 amide bonds. The van der Waals surface area contributed by atoms with Crippen LogP contribution < -0.4 is 10.6 Å². The molecule has 1 aromatic carbocycles. The van der Waals surface area contributed by atoms with Crippen molar-refractivity contribution in [3.63, 3.8) is 0 Å². The Bertz CT molecular complexity index is 477. The van der Waals surface area contributed by atoms with Gasteiger partial charge >= 0.3 is 0 Å². The molecule has 19 heavy (non-hydrogen) atoms. The van der Waals surface area contributed by atoms with Gasteiger partial charge in [-0.25, -0.2) is 0 Å². The molecule has 0 fully saturated rings. The lowest BCUT2D eigenvalue weighted by Gasteiger charge is -2.14. The number of aryl methyl sites for hydroxylation is 1. The van der Waals surface area contributed by atoms with Crippen LogP contribution in [0.15, 0.2) is 18.2 Å². The number of nitrogens with one attached hydrogen (secondary N) is 2. The van der Waals surface area contributed by atoms with Gasteiger partial charge in [0.25, 0.3) is 5.69 Å². The maximum Gasteiger partial charge on any atom is 0.271 e. The summed E-state index contributed by atoms with van der Waals surface area (Å²) in [6.45, 7) is 3.44. The molecule has 104 valence electrons. The number of non-ortho nitro benzene ring substituents is 1. The first-order chi connectivity index (χ1) is 8.90. The minimum absolute atomic E-state index is 0.0455. The second-order valence-corrected chi connectivity index (χ2v) is 4.85. The number of benzene rings is 1. The molecule has 0 atom stereocenters. The Morgan fingerprint density at radius 3 is 2.74 bits per heavy atom. The lowest BCUT2D eigenvalue weighted by molar-refractivity contribution is -0.384. The summed E-state index contributed by atoms with van der Waals surface area (Å²) in [4.78, 5) is 12.3. The Labute approximate surface area is 117 Å². The molecular formula is C12H18N4O2S. The molecule has 1 aromatic rings. The number of rotatable bonds is 5. The third-order valence-corrected chi connectivity index (χ3v) is 2.77. The summed E-state index contributed by atoms with van der Waals surface area (Å²) in [5, 5.41) is 17.2. The highest BCUT2D eigenvalue weighted by atomic mass is 32.1. The maximum absolute atomic E-state index is 10.7. The summed E-state index contributed by atoms with van der Waals surface area (Å²) in [6.07, 6.45) is 0. The molecule has 0 saturated carbocycles. The third-order valence-electron chi connectivity index (χ3n) is 2.52. The highest BCUT2D eigenvalue weighted by Gasteiger charge is 2.09. The summed E-state index contributed by atoms with van der Waals surface area (Å²) < 4.78 is 0. The minimum Gasteiger partial charge on any atom is -0.361 e. The molecule has 0 aliphatic rings. The Balaban J connectivity index is 2.63. The fourth-order valence-electron chi connectivity index (χ4n) is 1.42. The van der Waals surface area contributed by atoms with Crippen LogP contribution in [-0.4, -0.2) is 42.1 Å². The lowest BCUT2D eigenvalue weighted by atomic mass is 10.2. The van der Waals surface area contributed by atoms with Gasteiger partial charge in [0.15, 0.2) is 5.11 Å². The first kappa shape index (κ1) is 15.3. The van der Waals surface area contributed by atoms with Crippen molar-refractivity contribution in [3.05, 3.63) is 33.9 Å². The summed E-state index contributed by atoms with van der Waals surface area (Å²) >= 11 is 5.15. The lowest BCUT2D eigenvalue weighted by Crippen LogP contribution is -2.34. The van der Waals surface area contributed by atoms with Gasteiger partial charge in [0.1, 0.15) is 0 Å². The number of nitro benzene ring substituents is 1. The Morgan fingerprint density at radius 2 is 2.16 bits per heavy atom. The average molecular weight is 282 g/mol. The zero-order chi connectivity index (χ0) is 14.4. The van der Waals surface area contributed by atoms with Crippen LogP contribution in [0.1, 0.15) is 5.56 Å². The Hall–Kier alpha value is -1.73. The number of hydrogen-bond donors (Lipinski definition) is 2. The van der Waals surface area contributed by atoms with Crippen molar-refractivity contribution in [1.29, 1.82) is 0 Å². The maximum atomic E-state index is 10.7. The molecule has 0 unspecified atom stereocenters. The van der Waals surface area contributed by atoms with Crippen LogP contribution in [0.25, 0.3) is 0 Å². The van der Waals surface area contributed by atoms with E-state index >= 15 is 0 Å². The number of anilines is 1. The molecule has 0 aliphatic carbocycles. The van der Waals surface area contributed by atoms with Crippen molar-refractivity contribution in [1.82, 2.24) is 10.2 Å². The monoisotopic (exact) mass is 282 g/mol. The van der Waals surface area contributed by atoms with E-state index in [1.54, 1.807) is 6.07 Å². The molecule has 1 rings (SSSR count). The van der Waals surface area contributed by atoms with Gasteiger partial charge in [-0.15, -0.1) is 0 Å². The van der Waals surface area contributed by atoms with E-state index in [4.69, 9.17) is 12.2 Å². The predicted octanol–water partition coefficient (Wildman–Crippen LogP) is 1.75. The molecule has 0 aromatic heterocycles. The standard InChI is InChI=1S/C12H18N4O2S/c1-9-4-5-10(16(17)18)8-11(9)14-12(19)13-6-7-15(2)3/h4-5,8H,6-7H2,1-3H3,(H2,13,14,19). The smallest absolute Gasteiger partial charge is 0.271 e. The van der Waals surface area contributed by atoms with Gasteiger partial charge in [0.05, 0.1) is 4.92 Å². The number of hydrogen-bond acceptors (Lipinski definition) is 4. The minimum atomic E-state index is -0.423. The zero-order valence-electron chi connectivity index (χ0n) is 11.3. The highest BCUT2D eigenvalue weighted by molar-refractivity contribution is 7.80. The van der Waals surface area contributed by atoms with Crippen LogP contribution >= 0.6 is 12.2 Å². The van der Waals surface area contributed by atoms with Gasteiger partial charge in [-0.05, 0) is 38.8 Å². The topological polar surface area (TPSA) is 70.4 Å². The molecule has 7 heteroatoms. The molecule has 0 aliphatic heterocycles. The van der Waals surface area contributed by atoms with E-state index in [-0.39, 0.29) is 5.69 Å². The molecule has 0 saturated heterocycles. The molecule has 0 spiro atoms. The van der Waals surface area contributed by atoms with Crippen molar-refractivity contribution >= 4 is 28.7 Å². The van der Waals surface area contributed by atoms with Crippen LogP contribution in [0.2, 0.25) is 0 Å². The Kier molecular flexibility index (Phi) is 5.65. The first-order valence-electron chi connectivity index (χ1n) is 5.85. The van der Waals surface area contributed by atoms with E-state index in [1.165, 1.54) is 12.1 Å². The highest BCUT2D eigenvalue weighted by Crippen LogP contribution is 2.21. The van der Waals surface area contributed by atoms with E-state index in [2.05, 4.69) is 10.6 Å². The summed E-state index contributed by atoms with van der Waals surface area (Å²) in [5.41, 5.74) is 1.60. The van der Waals surface area contributed by atoms with E-state index in [0.29, 0.717) is 17.3 Å². The van der Waals surface area contributed by atoms with Gasteiger partial charge < -0.3 is 15.5 Å². The number of likely N-dealkylation sites (N-methyl/N-ethyl adjacent to an activating group) is 1. The SMILES string of the molecule is Cc1ccc([N+](=O)[O-])cc1NC(=S)NCCN(C)C. The summed E-state index contributed by atoms with van der Waals surface area (Å²) in [7, 11) is 3.95. The van der Waals surface area contributed by atoms with Gasteiger partial charge in [-0.2, -0.15) is 0 Å². The van der Waals surface area contributed by atoms with Gasteiger partial charge in [-0.3, -0.25) is 10.1 Å². The van der Waals surface area contributed by atoms with E-state index in [1.807, 2.05) is 25.9 Å². The van der Waals surface area contributed by atoms with Crippen molar-refractivity contribution < 1.29 is 4.92 Å². The van der Waals surface area contributed by atoms with Crippen LogP contribution in [0.4, 0.5) is 11.4 Å². The second kappa shape index (κ2) is 7.01. The fourth-order valence-corrected chi connectivity index (χ4v) is 1.63. The van der Waals surface area contributed by atoms with E-state index in [0.717, 1.165) is 12.1 Å². The molecular weight excluding hydrogens is 264 g/mol. The molecule has 0 bridgehead atoms. The average Bonchev–Trinajstić information content (AvgIpc) is 2.31. The first-order valence-corrected chi connectivity index (χ1v) is 6.25. The number of nitro groups is 1. The number of nitrogens with zero attached hydrogens (tertiary/aromatic N) is 2. The molecule has 0 heterocycles. The number of thiocarbonyl (C=S) groups is 1. The Morgan fingerprint density at radius 1 is 1.47 bits per heavy atom. The zero-order valence-corrected chi connectivity index (χ0v) is 12.1. The summed E-state index contributed by atoms with van der Waals surface area (Å²) in [6, 6.07) is 4.65. The second-order valence-electron chi connectivity index (χ2n) is 4.44. The van der Waals surface area contributed by atoms with Gasteiger partial charge in [0, 0.05) is 30.9 Å². The molecule has 2 N–H and O–H groups in total. The van der Waals surface area contributed by atoms with Crippen molar-refractivity contribution in [2.45, 2.75) is 6.92 Å². The van der Waals surface area contributed by atoms with E-state index < -0.39 is 4.92 Å². The van der Waals surface area contributed by atoms with Crippen molar-refractivity contribution in [3.8, 4) is 0 Å². The largest absolute Gasteiger partial charge is 0.361 e. The quantitative estimate of drug-likeness (QED) is 0.487. The van der Waals surface area contributed by atoms with Crippen LogP contribution in [0, 0.1) is 17.0 Å². The van der Waals surface area contributed by atoms with Crippen molar-refractivity contribution in [2.75, 3.05) is 32.5 Å². The van der Waals surface area contributed by atoms with Crippen molar-refractivity contribution in [2.24, 2.45) is 0 Å². The van der Waals surface area contributed by atoms with Crippen LogP contribution in [0.5, 0.6) is 0 Å². The van der Waals surface area contributed by atoms with Crippen LogP contribution in [0.3, 0.4) is 0 Å². The molecule has 6 nitrogen and oxygen atoms in total. The molecule has 0 radical (unpaired) electrons. The normalized spacial score (nSPS) is 10.3. The predicted molar refractivity (Wildman–Crippen MR) is 80.6 cm³/mol. The van der Waals surface area contributed by atoms with E-state index in [9.17, 15) is 10.1 Å².